The van der Waals surface area contributed by atoms with E-state index in [4.69, 9.17) is 0 Å². The van der Waals surface area contributed by atoms with E-state index in [2.05, 4.69) is 33.0 Å². The summed E-state index contributed by atoms with van der Waals surface area (Å²) in [6.07, 6.45) is 7.45. The Bertz CT molecular complexity index is 1240. The van der Waals surface area contributed by atoms with Gasteiger partial charge in [0, 0.05) is 49.9 Å². The van der Waals surface area contributed by atoms with Crippen molar-refractivity contribution in [1.29, 1.82) is 0 Å². The Balaban J connectivity index is 1.28. The summed E-state index contributed by atoms with van der Waals surface area (Å²) in [5.74, 6) is -0.173. The molecule has 2 aromatic rings. The summed E-state index contributed by atoms with van der Waals surface area (Å²) in [7, 11) is 0. The van der Waals surface area contributed by atoms with Crippen molar-refractivity contribution >= 4 is 35.1 Å². The molecular formula is C30H38N6O3. The molecule has 9 nitrogen and oxygen atoms in total. The first kappa shape index (κ1) is 28.2. The van der Waals surface area contributed by atoms with Crippen molar-refractivity contribution in [3.8, 4) is 0 Å². The third kappa shape index (κ3) is 7.40. The molecule has 0 radical (unpaired) electrons. The highest BCUT2D eigenvalue weighted by molar-refractivity contribution is 5.96. The van der Waals surface area contributed by atoms with E-state index in [-0.39, 0.29) is 25.0 Å². The number of hydrogen-bond acceptors (Lipinski definition) is 7. The van der Waals surface area contributed by atoms with Gasteiger partial charge in [0.15, 0.2) is 0 Å². The minimum atomic E-state index is -0.942. The van der Waals surface area contributed by atoms with Gasteiger partial charge in [-0.15, -0.1) is 0 Å². The fraction of sp³-hybridized carbons (Fsp3) is 0.400. The summed E-state index contributed by atoms with van der Waals surface area (Å²) in [6.45, 7) is 6.03. The van der Waals surface area contributed by atoms with Gasteiger partial charge in [-0.3, -0.25) is 24.9 Å². The Labute approximate surface area is 230 Å². The number of hydrogen-bond donors (Lipinski definition) is 3. The van der Waals surface area contributed by atoms with Crippen LogP contribution in [0.15, 0.2) is 70.9 Å². The van der Waals surface area contributed by atoms with Crippen LogP contribution in [0.25, 0.3) is 0 Å². The van der Waals surface area contributed by atoms with Crippen molar-refractivity contribution in [2.45, 2.75) is 39.7 Å². The third-order valence-corrected chi connectivity index (χ3v) is 7.33. The molecule has 1 unspecified atom stereocenters. The maximum atomic E-state index is 13.2. The Morgan fingerprint density at radius 3 is 2.56 bits per heavy atom. The number of anilines is 2. The molecule has 2 aliphatic heterocycles. The second-order valence-electron chi connectivity index (χ2n) is 10.2. The molecule has 0 aliphatic carbocycles. The summed E-state index contributed by atoms with van der Waals surface area (Å²) in [6, 6.07) is 15.5. The molecule has 0 aromatic heterocycles. The van der Waals surface area contributed by atoms with E-state index in [0.29, 0.717) is 44.7 Å². The lowest BCUT2D eigenvalue weighted by Crippen LogP contribution is -2.45. The van der Waals surface area contributed by atoms with Crippen molar-refractivity contribution in [2.24, 2.45) is 15.5 Å². The molecule has 9 heteroatoms. The largest absolute Gasteiger partial charge is 0.395 e. The number of allylic oxidation sites excluding steroid dienone is 1. The van der Waals surface area contributed by atoms with E-state index in [1.165, 1.54) is 11.1 Å². The minimum Gasteiger partial charge on any atom is -0.395 e. The summed E-state index contributed by atoms with van der Waals surface area (Å²) in [4.78, 5) is 34.2. The maximum Gasteiger partial charge on any atom is 0.237 e. The van der Waals surface area contributed by atoms with Crippen LogP contribution in [0.2, 0.25) is 0 Å². The van der Waals surface area contributed by atoms with E-state index in [0.717, 1.165) is 17.8 Å². The lowest BCUT2D eigenvalue weighted by molar-refractivity contribution is -0.134. The Hall–Kier alpha value is -3.82. The van der Waals surface area contributed by atoms with Gasteiger partial charge in [-0.2, -0.15) is 5.10 Å². The SMILES string of the molecule is CC=N/C=C\C/C(C)=N/Nc1ccc(NC(=O)C2(CO)CCN(CC(=O)N3CCc4ccccc4C3)C2)cc1. The molecule has 1 fully saturated rings. The van der Waals surface area contributed by atoms with E-state index in [1.54, 1.807) is 24.5 Å². The first-order valence-corrected chi connectivity index (χ1v) is 13.4. The van der Waals surface area contributed by atoms with Gasteiger partial charge in [-0.1, -0.05) is 30.3 Å². The lowest BCUT2D eigenvalue weighted by atomic mass is 9.87. The molecule has 2 aliphatic rings. The summed E-state index contributed by atoms with van der Waals surface area (Å²) < 4.78 is 0. The van der Waals surface area contributed by atoms with E-state index in [9.17, 15) is 14.7 Å². The van der Waals surface area contributed by atoms with Crippen molar-refractivity contribution < 1.29 is 14.7 Å². The van der Waals surface area contributed by atoms with Crippen molar-refractivity contribution in [2.75, 3.05) is 43.5 Å². The van der Waals surface area contributed by atoms with Gasteiger partial charge in [0.1, 0.15) is 0 Å². The summed E-state index contributed by atoms with van der Waals surface area (Å²) in [5, 5.41) is 17.5. The van der Waals surface area contributed by atoms with Crippen LogP contribution in [0.4, 0.5) is 11.4 Å². The number of fused-ring (bicyclic) bond motifs is 1. The Kier molecular flexibility index (Phi) is 9.62. The number of carbonyl (C=O) groups is 2. The monoisotopic (exact) mass is 530 g/mol. The van der Waals surface area contributed by atoms with E-state index < -0.39 is 5.41 Å². The predicted molar refractivity (Wildman–Crippen MR) is 156 cm³/mol. The molecule has 0 spiro atoms. The molecule has 2 aromatic carbocycles. The first-order valence-electron chi connectivity index (χ1n) is 13.4. The number of aliphatic hydroxyl groups is 1. The molecule has 0 bridgehead atoms. The second kappa shape index (κ2) is 13.3. The second-order valence-corrected chi connectivity index (χ2v) is 10.2. The Morgan fingerprint density at radius 1 is 1.08 bits per heavy atom. The fourth-order valence-corrected chi connectivity index (χ4v) is 4.95. The molecule has 0 saturated carbocycles. The zero-order chi connectivity index (χ0) is 27.7. The van der Waals surface area contributed by atoms with Crippen LogP contribution >= 0.6 is 0 Å². The number of rotatable bonds is 10. The number of aliphatic imine (C=N–C) groups is 1. The number of carbonyl (C=O) groups excluding carboxylic acids is 2. The zero-order valence-corrected chi connectivity index (χ0v) is 22.8. The van der Waals surface area contributed by atoms with Gasteiger partial charge in [0.2, 0.25) is 11.8 Å². The molecule has 206 valence electrons. The molecule has 3 N–H and O–H groups in total. The topological polar surface area (TPSA) is 110 Å². The number of likely N-dealkylation sites (tertiary alicyclic amines) is 1. The lowest BCUT2D eigenvalue weighted by Gasteiger charge is -2.31. The van der Waals surface area contributed by atoms with Crippen LogP contribution in [-0.4, -0.2) is 71.4 Å². The normalized spacial score (nSPS) is 20.0. The molecule has 1 saturated heterocycles. The third-order valence-electron chi connectivity index (χ3n) is 7.33. The van der Waals surface area contributed by atoms with Crippen LogP contribution in [-0.2, 0) is 22.6 Å². The highest BCUT2D eigenvalue weighted by atomic mass is 16.3. The first-order chi connectivity index (χ1) is 18.9. The molecular weight excluding hydrogens is 492 g/mol. The van der Waals surface area contributed by atoms with Crippen molar-refractivity contribution in [3.05, 3.63) is 71.9 Å². The minimum absolute atomic E-state index is 0.0603. The number of benzene rings is 2. The standard InChI is InChI=1S/C30H38N6O3/c1-3-31-16-6-7-23(2)33-34-27-12-10-26(11-13-27)32-29(39)30(22-37)15-18-35(21-30)20-28(38)36-17-14-24-8-4-5-9-25(24)19-36/h3-6,8-13,16,34,37H,7,14-15,17-22H2,1-2H3,(H,32,39)/b16-6-,31-3?,33-23+. The smallest absolute Gasteiger partial charge is 0.237 e. The van der Waals surface area contributed by atoms with E-state index in [1.807, 2.05) is 54.0 Å². The molecule has 2 amide bonds. The number of amides is 2. The quantitative estimate of drug-likeness (QED) is 0.321. The van der Waals surface area contributed by atoms with Crippen molar-refractivity contribution in [1.82, 2.24) is 9.80 Å². The van der Waals surface area contributed by atoms with Crippen LogP contribution in [0.1, 0.15) is 37.8 Å². The molecule has 2 heterocycles. The van der Waals surface area contributed by atoms with E-state index >= 15 is 0 Å². The zero-order valence-electron chi connectivity index (χ0n) is 22.8. The fourth-order valence-electron chi connectivity index (χ4n) is 4.95. The van der Waals surface area contributed by atoms with Crippen LogP contribution in [0, 0.1) is 5.41 Å². The van der Waals surface area contributed by atoms with Gasteiger partial charge in [-0.25, -0.2) is 0 Å². The van der Waals surface area contributed by atoms with Crippen LogP contribution in [0.3, 0.4) is 0 Å². The van der Waals surface area contributed by atoms with Crippen molar-refractivity contribution in [3.63, 3.8) is 0 Å². The predicted octanol–water partition coefficient (Wildman–Crippen LogP) is 3.68. The highest BCUT2D eigenvalue weighted by Gasteiger charge is 2.44. The Morgan fingerprint density at radius 2 is 1.82 bits per heavy atom. The van der Waals surface area contributed by atoms with Gasteiger partial charge < -0.3 is 15.3 Å². The summed E-state index contributed by atoms with van der Waals surface area (Å²) in [5.41, 5.74) is 6.92. The average Bonchev–Trinajstić information content (AvgIpc) is 3.39. The highest BCUT2D eigenvalue weighted by Crippen LogP contribution is 2.32. The molecule has 39 heavy (non-hydrogen) atoms. The average molecular weight is 531 g/mol. The summed E-state index contributed by atoms with van der Waals surface area (Å²) >= 11 is 0. The number of hydrazone groups is 1. The maximum absolute atomic E-state index is 13.2. The number of aliphatic hydroxyl groups excluding tert-OH is 1. The van der Waals surface area contributed by atoms with Gasteiger partial charge >= 0.3 is 0 Å². The number of nitrogens with zero attached hydrogens (tertiary/aromatic N) is 4. The number of nitrogens with one attached hydrogen (secondary N) is 2. The molecule has 4 rings (SSSR count). The van der Waals surface area contributed by atoms with Crippen LogP contribution in [0.5, 0.6) is 0 Å². The molecule has 1 atom stereocenters. The van der Waals surface area contributed by atoms with Gasteiger partial charge in [-0.05, 0) is 68.6 Å². The van der Waals surface area contributed by atoms with Gasteiger partial charge in [0.25, 0.3) is 0 Å². The van der Waals surface area contributed by atoms with Crippen LogP contribution < -0.4 is 10.7 Å². The van der Waals surface area contributed by atoms with Gasteiger partial charge in [0.05, 0.1) is 24.3 Å².